The molecule has 1 aromatic heterocycles. The predicted octanol–water partition coefficient (Wildman–Crippen LogP) is 3.62. The van der Waals surface area contributed by atoms with Gasteiger partial charge in [-0.15, -0.1) is 0 Å². The van der Waals surface area contributed by atoms with E-state index in [1.54, 1.807) is 7.11 Å². The molecule has 0 bridgehead atoms. The predicted molar refractivity (Wildman–Crippen MR) is 113 cm³/mol. The van der Waals surface area contributed by atoms with Gasteiger partial charge in [-0.25, -0.2) is 0 Å². The smallest absolute Gasteiger partial charge is 0.254 e. The lowest BCUT2D eigenvalue weighted by Crippen LogP contribution is -2.51. The number of aromatic nitrogens is 1. The van der Waals surface area contributed by atoms with Crippen LogP contribution in [0.5, 0.6) is 0 Å². The molecule has 0 radical (unpaired) electrons. The minimum absolute atomic E-state index is 0.142. The molecule has 0 saturated carbocycles. The molecule has 2 aliphatic rings. The first-order chi connectivity index (χ1) is 13.7. The minimum atomic E-state index is 0.142. The van der Waals surface area contributed by atoms with Crippen LogP contribution >= 0.6 is 0 Å². The van der Waals surface area contributed by atoms with Crippen molar-refractivity contribution in [2.75, 3.05) is 40.4 Å². The van der Waals surface area contributed by atoms with Crippen LogP contribution in [-0.4, -0.2) is 66.7 Å². The molecule has 1 aromatic carbocycles. The molecule has 152 valence electrons. The molecule has 0 aliphatic carbocycles. The van der Waals surface area contributed by atoms with Crippen molar-refractivity contribution in [2.45, 2.75) is 44.7 Å². The van der Waals surface area contributed by atoms with E-state index >= 15 is 0 Å². The summed E-state index contributed by atoms with van der Waals surface area (Å²) in [6, 6.07) is 8.79. The molecule has 5 heteroatoms. The highest BCUT2D eigenvalue weighted by molar-refractivity contribution is 6.06. The second-order valence-corrected chi connectivity index (χ2v) is 8.43. The number of hydrogen-bond acceptors (Lipinski definition) is 3. The van der Waals surface area contributed by atoms with Gasteiger partial charge in [0.05, 0.1) is 6.61 Å². The maximum Gasteiger partial charge on any atom is 0.254 e. The number of hydrogen-bond donors (Lipinski definition) is 0. The molecule has 5 nitrogen and oxygen atoms in total. The molecule has 3 heterocycles. The van der Waals surface area contributed by atoms with Gasteiger partial charge in [-0.05, 0) is 62.9 Å². The Kier molecular flexibility index (Phi) is 6.02. The van der Waals surface area contributed by atoms with E-state index in [0.29, 0.717) is 18.6 Å². The normalized spacial score (nSPS) is 22.9. The molecular formula is C23H33N3O2. The zero-order valence-corrected chi connectivity index (χ0v) is 17.3. The Morgan fingerprint density at radius 3 is 2.89 bits per heavy atom. The number of nitrogens with zero attached hydrogens (tertiary/aromatic N) is 3. The molecular weight excluding hydrogens is 350 g/mol. The van der Waals surface area contributed by atoms with Gasteiger partial charge in [0, 0.05) is 56.0 Å². The summed E-state index contributed by atoms with van der Waals surface area (Å²) in [5.74, 6) is 0.747. The monoisotopic (exact) mass is 383 g/mol. The third-order valence-corrected chi connectivity index (χ3v) is 6.66. The van der Waals surface area contributed by atoms with Crippen LogP contribution in [0.1, 0.15) is 42.5 Å². The van der Waals surface area contributed by atoms with Gasteiger partial charge in [-0.3, -0.25) is 4.79 Å². The quantitative estimate of drug-likeness (QED) is 0.765. The van der Waals surface area contributed by atoms with E-state index in [1.807, 2.05) is 24.1 Å². The van der Waals surface area contributed by atoms with E-state index in [-0.39, 0.29) is 5.91 Å². The fourth-order valence-corrected chi connectivity index (χ4v) is 5.23. The van der Waals surface area contributed by atoms with Crippen LogP contribution in [-0.2, 0) is 11.3 Å². The van der Waals surface area contributed by atoms with Crippen molar-refractivity contribution in [1.29, 1.82) is 0 Å². The van der Waals surface area contributed by atoms with Crippen molar-refractivity contribution >= 4 is 16.8 Å². The Bertz CT molecular complexity index is 813. The van der Waals surface area contributed by atoms with E-state index in [1.165, 1.54) is 45.2 Å². The van der Waals surface area contributed by atoms with Gasteiger partial charge in [0.2, 0.25) is 0 Å². The van der Waals surface area contributed by atoms with Gasteiger partial charge in [0.25, 0.3) is 5.91 Å². The van der Waals surface area contributed by atoms with Crippen LogP contribution in [0, 0.1) is 5.92 Å². The third-order valence-electron chi connectivity index (χ3n) is 6.66. The van der Waals surface area contributed by atoms with Crippen molar-refractivity contribution in [3.63, 3.8) is 0 Å². The first kappa shape index (κ1) is 19.5. The number of benzene rings is 1. The summed E-state index contributed by atoms with van der Waals surface area (Å²) in [4.78, 5) is 17.9. The molecule has 2 aliphatic heterocycles. The van der Waals surface area contributed by atoms with Crippen molar-refractivity contribution in [3.8, 4) is 0 Å². The van der Waals surface area contributed by atoms with Gasteiger partial charge in [0.1, 0.15) is 0 Å². The van der Waals surface area contributed by atoms with Crippen LogP contribution in [0.3, 0.4) is 0 Å². The third kappa shape index (κ3) is 3.83. The average molecular weight is 384 g/mol. The lowest BCUT2D eigenvalue weighted by molar-refractivity contribution is 0.0403. The number of carbonyl (C=O) groups excluding carboxylic acids is 1. The highest BCUT2D eigenvalue weighted by Crippen LogP contribution is 2.31. The van der Waals surface area contributed by atoms with Gasteiger partial charge < -0.3 is 19.1 Å². The van der Waals surface area contributed by atoms with E-state index in [2.05, 4.69) is 27.8 Å². The summed E-state index contributed by atoms with van der Waals surface area (Å²) in [7, 11) is 3.69. The molecule has 0 N–H and O–H groups in total. The fraction of sp³-hybridized carbons (Fsp3) is 0.609. The summed E-state index contributed by atoms with van der Waals surface area (Å²) >= 11 is 0. The van der Waals surface area contributed by atoms with Crippen molar-refractivity contribution in [1.82, 2.24) is 14.4 Å². The second kappa shape index (κ2) is 8.66. The Morgan fingerprint density at radius 2 is 2.04 bits per heavy atom. The molecule has 2 unspecified atom stereocenters. The SMILES string of the molecule is COCCn1ccc2c(C(=O)N(C)CC3CCCN4CCCCC34)cccc21. The lowest BCUT2D eigenvalue weighted by atomic mass is 9.83. The number of piperidine rings is 2. The van der Waals surface area contributed by atoms with Gasteiger partial charge in [0.15, 0.2) is 0 Å². The van der Waals surface area contributed by atoms with Gasteiger partial charge >= 0.3 is 0 Å². The standard InChI is InChI=1S/C23H33N3O2/c1-24(17-18-7-6-13-25-12-4-3-9-21(18)25)23(27)20-8-5-10-22-19(20)11-14-26(22)15-16-28-2/h5,8,10-11,14,18,21H,3-4,6-7,9,12-13,15-17H2,1-2H3. The Labute approximate surface area is 168 Å². The average Bonchev–Trinajstić information content (AvgIpc) is 3.15. The minimum Gasteiger partial charge on any atom is -0.383 e. The largest absolute Gasteiger partial charge is 0.383 e. The molecule has 1 amide bonds. The number of fused-ring (bicyclic) bond motifs is 2. The maximum atomic E-state index is 13.3. The number of methoxy groups -OCH3 is 1. The second-order valence-electron chi connectivity index (χ2n) is 8.43. The molecule has 2 saturated heterocycles. The van der Waals surface area contributed by atoms with E-state index in [0.717, 1.165) is 29.6 Å². The fourth-order valence-electron chi connectivity index (χ4n) is 5.23. The van der Waals surface area contributed by atoms with Crippen LogP contribution in [0.15, 0.2) is 30.5 Å². The zero-order chi connectivity index (χ0) is 19.5. The van der Waals surface area contributed by atoms with E-state index in [4.69, 9.17) is 4.74 Å². The van der Waals surface area contributed by atoms with Crippen LogP contribution in [0.2, 0.25) is 0 Å². The molecule has 4 rings (SSSR count). The maximum absolute atomic E-state index is 13.3. The first-order valence-electron chi connectivity index (χ1n) is 10.8. The molecule has 28 heavy (non-hydrogen) atoms. The van der Waals surface area contributed by atoms with Crippen molar-refractivity contribution < 1.29 is 9.53 Å². The Morgan fingerprint density at radius 1 is 1.18 bits per heavy atom. The molecule has 2 aromatic rings. The summed E-state index contributed by atoms with van der Waals surface area (Å²) in [6.45, 7) is 4.81. The topological polar surface area (TPSA) is 37.7 Å². The number of carbonyl (C=O) groups is 1. The summed E-state index contributed by atoms with van der Waals surface area (Å²) in [5.41, 5.74) is 1.92. The van der Waals surface area contributed by atoms with E-state index in [9.17, 15) is 4.79 Å². The van der Waals surface area contributed by atoms with Gasteiger partial charge in [-0.2, -0.15) is 0 Å². The van der Waals surface area contributed by atoms with Crippen LogP contribution in [0.4, 0.5) is 0 Å². The lowest BCUT2D eigenvalue weighted by Gasteiger charge is -2.45. The zero-order valence-electron chi connectivity index (χ0n) is 17.3. The molecule has 2 atom stereocenters. The highest BCUT2D eigenvalue weighted by Gasteiger charge is 2.34. The van der Waals surface area contributed by atoms with E-state index < -0.39 is 0 Å². The van der Waals surface area contributed by atoms with Crippen molar-refractivity contribution in [3.05, 3.63) is 36.0 Å². The Hall–Kier alpha value is -1.85. The number of amides is 1. The summed E-state index contributed by atoms with van der Waals surface area (Å²) in [6.07, 6.45) is 8.54. The highest BCUT2D eigenvalue weighted by atomic mass is 16.5. The molecule has 0 spiro atoms. The number of ether oxygens (including phenoxy) is 1. The van der Waals surface area contributed by atoms with Crippen LogP contribution in [0.25, 0.3) is 10.9 Å². The van der Waals surface area contributed by atoms with Crippen molar-refractivity contribution in [2.24, 2.45) is 5.92 Å². The summed E-state index contributed by atoms with van der Waals surface area (Å²) < 4.78 is 7.37. The molecule has 2 fully saturated rings. The van der Waals surface area contributed by atoms with Gasteiger partial charge in [-0.1, -0.05) is 12.5 Å². The summed E-state index contributed by atoms with van der Waals surface area (Å²) in [5, 5.41) is 1.04. The van der Waals surface area contributed by atoms with Crippen LogP contribution < -0.4 is 0 Å². The number of rotatable bonds is 6. The first-order valence-corrected chi connectivity index (χ1v) is 10.8. The Balaban J connectivity index is 1.50.